The minimum absolute atomic E-state index is 0.123. The average molecular weight is 274 g/mol. The molecular formula is C14H18N4O2. The number of rotatable bonds is 4. The van der Waals surface area contributed by atoms with E-state index in [-0.39, 0.29) is 11.5 Å². The molecule has 0 unspecified atom stereocenters. The molecule has 2 aromatic rings. The maximum Gasteiger partial charge on any atom is 0.334 e. The normalized spacial score (nSPS) is 10.5. The van der Waals surface area contributed by atoms with Gasteiger partial charge in [-0.05, 0) is 31.0 Å². The zero-order valence-electron chi connectivity index (χ0n) is 11.6. The van der Waals surface area contributed by atoms with Crippen molar-refractivity contribution < 1.29 is 0 Å². The van der Waals surface area contributed by atoms with E-state index >= 15 is 0 Å². The zero-order valence-corrected chi connectivity index (χ0v) is 11.6. The molecule has 4 N–H and O–H groups in total. The minimum atomic E-state index is -0.542. The van der Waals surface area contributed by atoms with Crippen molar-refractivity contribution in [2.75, 3.05) is 17.6 Å². The van der Waals surface area contributed by atoms with E-state index in [0.29, 0.717) is 12.2 Å². The number of nitrogen functional groups attached to an aromatic ring is 1. The second-order valence-corrected chi connectivity index (χ2v) is 4.62. The van der Waals surface area contributed by atoms with Crippen LogP contribution in [0.2, 0.25) is 0 Å². The molecule has 0 amide bonds. The number of anilines is 2. The minimum Gasteiger partial charge on any atom is -0.383 e. The van der Waals surface area contributed by atoms with Crippen LogP contribution in [0.25, 0.3) is 5.69 Å². The Kier molecular flexibility index (Phi) is 3.93. The van der Waals surface area contributed by atoms with Gasteiger partial charge in [0.1, 0.15) is 11.5 Å². The topological polar surface area (TPSA) is 92.9 Å². The summed E-state index contributed by atoms with van der Waals surface area (Å²) in [5.74, 6) is 0.123. The molecule has 0 aliphatic carbocycles. The molecule has 0 aliphatic heterocycles. The van der Waals surface area contributed by atoms with E-state index in [0.717, 1.165) is 12.0 Å². The molecule has 20 heavy (non-hydrogen) atoms. The molecule has 106 valence electrons. The summed E-state index contributed by atoms with van der Waals surface area (Å²) >= 11 is 0. The van der Waals surface area contributed by atoms with Crippen LogP contribution >= 0.6 is 0 Å². The third-order valence-corrected chi connectivity index (χ3v) is 2.96. The average Bonchev–Trinajstić information content (AvgIpc) is 2.38. The van der Waals surface area contributed by atoms with Gasteiger partial charge in [-0.2, -0.15) is 0 Å². The Hall–Kier alpha value is -2.50. The highest BCUT2D eigenvalue weighted by Crippen LogP contribution is 2.16. The molecule has 0 radical (unpaired) electrons. The van der Waals surface area contributed by atoms with Gasteiger partial charge in [0.15, 0.2) is 0 Å². The molecule has 0 fully saturated rings. The largest absolute Gasteiger partial charge is 0.383 e. The first kappa shape index (κ1) is 13.9. The summed E-state index contributed by atoms with van der Waals surface area (Å²) in [6.07, 6.45) is 0.850. The zero-order chi connectivity index (χ0) is 14.7. The molecule has 1 heterocycles. The molecule has 0 aliphatic rings. The number of aromatic amines is 1. The highest BCUT2D eigenvalue weighted by atomic mass is 16.2. The van der Waals surface area contributed by atoms with Crippen LogP contribution in [0.3, 0.4) is 0 Å². The first-order valence-corrected chi connectivity index (χ1v) is 6.50. The lowest BCUT2D eigenvalue weighted by Crippen LogP contribution is -2.33. The van der Waals surface area contributed by atoms with Gasteiger partial charge in [-0.15, -0.1) is 0 Å². The van der Waals surface area contributed by atoms with Crippen molar-refractivity contribution >= 4 is 11.5 Å². The predicted molar refractivity (Wildman–Crippen MR) is 80.6 cm³/mol. The van der Waals surface area contributed by atoms with Gasteiger partial charge in [-0.1, -0.05) is 19.1 Å². The number of benzene rings is 1. The van der Waals surface area contributed by atoms with Gasteiger partial charge in [-0.25, -0.2) is 9.36 Å². The van der Waals surface area contributed by atoms with Crippen LogP contribution in [0.4, 0.5) is 11.5 Å². The van der Waals surface area contributed by atoms with Gasteiger partial charge in [0.25, 0.3) is 5.56 Å². The van der Waals surface area contributed by atoms with Crippen molar-refractivity contribution in [1.29, 1.82) is 0 Å². The number of aryl methyl sites for hydroxylation is 1. The molecule has 0 spiro atoms. The Morgan fingerprint density at radius 2 is 2.10 bits per heavy atom. The Labute approximate surface area is 116 Å². The van der Waals surface area contributed by atoms with Crippen molar-refractivity contribution in [2.24, 2.45) is 0 Å². The van der Waals surface area contributed by atoms with E-state index in [2.05, 4.69) is 10.3 Å². The van der Waals surface area contributed by atoms with E-state index in [4.69, 9.17) is 5.73 Å². The quantitative estimate of drug-likeness (QED) is 0.782. The van der Waals surface area contributed by atoms with E-state index in [1.165, 1.54) is 4.57 Å². The Balaban J connectivity index is 2.64. The van der Waals surface area contributed by atoms with Gasteiger partial charge >= 0.3 is 5.69 Å². The molecule has 0 saturated heterocycles. The van der Waals surface area contributed by atoms with Crippen LogP contribution in [-0.2, 0) is 0 Å². The molecule has 0 bridgehead atoms. The maximum atomic E-state index is 12.0. The summed E-state index contributed by atoms with van der Waals surface area (Å²) in [4.78, 5) is 26.1. The van der Waals surface area contributed by atoms with Gasteiger partial charge in [0.2, 0.25) is 0 Å². The summed E-state index contributed by atoms with van der Waals surface area (Å²) in [6, 6.07) is 7.36. The number of nitrogens with zero attached hydrogens (tertiary/aromatic N) is 1. The summed E-state index contributed by atoms with van der Waals surface area (Å²) in [5.41, 5.74) is 6.81. The highest BCUT2D eigenvalue weighted by Gasteiger charge is 2.13. The number of H-pyrrole nitrogens is 1. The highest BCUT2D eigenvalue weighted by molar-refractivity contribution is 5.63. The summed E-state index contributed by atoms with van der Waals surface area (Å²) in [6.45, 7) is 4.51. The van der Waals surface area contributed by atoms with Crippen LogP contribution in [-0.4, -0.2) is 16.1 Å². The molecule has 0 saturated carbocycles. The molecular weight excluding hydrogens is 256 g/mol. The Bertz CT molecular complexity index is 731. The summed E-state index contributed by atoms with van der Waals surface area (Å²) in [5, 5.41) is 2.95. The molecule has 0 atom stereocenters. The number of nitrogens with two attached hydrogens (primary N) is 1. The first-order valence-electron chi connectivity index (χ1n) is 6.50. The van der Waals surface area contributed by atoms with Crippen LogP contribution in [0.5, 0.6) is 0 Å². The lowest BCUT2D eigenvalue weighted by molar-refractivity contribution is 0.896. The fourth-order valence-corrected chi connectivity index (χ4v) is 2.00. The molecule has 6 heteroatoms. The van der Waals surface area contributed by atoms with Gasteiger partial charge in [0, 0.05) is 6.54 Å². The second kappa shape index (κ2) is 5.64. The van der Waals surface area contributed by atoms with Crippen LogP contribution in [0, 0.1) is 6.92 Å². The molecule has 1 aromatic carbocycles. The van der Waals surface area contributed by atoms with Gasteiger partial charge in [-0.3, -0.25) is 9.78 Å². The molecule has 2 rings (SSSR count). The number of nitrogens with one attached hydrogen (secondary N) is 2. The lowest BCUT2D eigenvalue weighted by atomic mass is 10.2. The van der Waals surface area contributed by atoms with Gasteiger partial charge < -0.3 is 11.1 Å². The van der Waals surface area contributed by atoms with E-state index in [9.17, 15) is 9.59 Å². The SMILES string of the molecule is CCCNc1c(N)n(-c2cccc(C)c2)c(=O)[nH]c1=O. The third-order valence-electron chi connectivity index (χ3n) is 2.96. The van der Waals surface area contributed by atoms with Crippen molar-refractivity contribution in [2.45, 2.75) is 20.3 Å². The number of aromatic nitrogens is 2. The van der Waals surface area contributed by atoms with Crippen LogP contribution in [0.1, 0.15) is 18.9 Å². The van der Waals surface area contributed by atoms with Crippen molar-refractivity contribution in [3.63, 3.8) is 0 Å². The number of hydrogen-bond acceptors (Lipinski definition) is 4. The standard InChI is InChI=1S/C14H18N4O2/c1-3-7-16-11-12(15)18(14(20)17-13(11)19)10-6-4-5-9(2)8-10/h4-6,8,16H,3,7,15H2,1-2H3,(H,17,19,20). The third kappa shape index (κ3) is 2.59. The second-order valence-electron chi connectivity index (χ2n) is 4.62. The Morgan fingerprint density at radius 1 is 1.35 bits per heavy atom. The maximum absolute atomic E-state index is 12.0. The summed E-state index contributed by atoms with van der Waals surface area (Å²) < 4.78 is 1.30. The number of hydrogen-bond donors (Lipinski definition) is 3. The van der Waals surface area contributed by atoms with Crippen LogP contribution < -0.4 is 22.3 Å². The first-order chi connectivity index (χ1) is 9.54. The van der Waals surface area contributed by atoms with Gasteiger partial charge in [0.05, 0.1) is 5.69 Å². The van der Waals surface area contributed by atoms with E-state index in [1.54, 1.807) is 6.07 Å². The van der Waals surface area contributed by atoms with E-state index < -0.39 is 11.2 Å². The molecule has 6 nitrogen and oxygen atoms in total. The lowest BCUT2D eigenvalue weighted by Gasteiger charge is -2.13. The van der Waals surface area contributed by atoms with Crippen molar-refractivity contribution in [3.05, 3.63) is 50.7 Å². The Morgan fingerprint density at radius 3 is 2.75 bits per heavy atom. The fraction of sp³-hybridized carbons (Fsp3) is 0.286. The van der Waals surface area contributed by atoms with E-state index in [1.807, 2.05) is 32.0 Å². The fourth-order valence-electron chi connectivity index (χ4n) is 2.00. The van der Waals surface area contributed by atoms with Crippen molar-refractivity contribution in [1.82, 2.24) is 9.55 Å². The smallest absolute Gasteiger partial charge is 0.334 e. The van der Waals surface area contributed by atoms with Crippen LogP contribution in [0.15, 0.2) is 33.9 Å². The monoisotopic (exact) mass is 274 g/mol. The summed E-state index contributed by atoms with van der Waals surface area (Å²) in [7, 11) is 0. The predicted octanol–water partition coefficient (Wildman–Crippen LogP) is 1.24. The molecule has 1 aromatic heterocycles. The van der Waals surface area contributed by atoms with Crippen molar-refractivity contribution in [3.8, 4) is 5.69 Å².